The van der Waals surface area contributed by atoms with Crippen LogP contribution in [0.3, 0.4) is 0 Å². The molecule has 1 saturated heterocycles. The van der Waals surface area contributed by atoms with Crippen molar-refractivity contribution in [3.63, 3.8) is 0 Å². The molecule has 0 aromatic carbocycles. The summed E-state index contributed by atoms with van der Waals surface area (Å²) in [6.45, 7) is 13.4. The predicted octanol–water partition coefficient (Wildman–Crippen LogP) is 1.31. The van der Waals surface area contributed by atoms with Gasteiger partial charge in [0.15, 0.2) is 0 Å². The van der Waals surface area contributed by atoms with E-state index in [1.54, 1.807) is 13.8 Å². The number of nitrogens with two attached hydrogens (primary N) is 1. The molecule has 0 bridgehead atoms. The second kappa shape index (κ2) is 5.02. The van der Waals surface area contributed by atoms with Gasteiger partial charge in [-0.05, 0) is 41.5 Å². The topological polar surface area (TPSA) is 49.6 Å². The lowest BCUT2D eigenvalue weighted by molar-refractivity contribution is -0.141. The predicted molar refractivity (Wildman–Crippen MR) is 78.7 cm³/mol. The van der Waals surface area contributed by atoms with Crippen LogP contribution in [-0.2, 0) is 4.79 Å². The molecule has 0 saturated carbocycles. The van der Waals surface area contributed by atoms with Crippen LogP contribution in [0.15, 0.2) is 0 Å². The molecule has 0 radical (unpaired) electrons. The Morgan fingerprint density at radius 3 is 1.83 bits per heavy atom. The van der Waals surface area contributed by atoms with Crippen LogP contribution in [0.4, 0.5) is 0 Å². The minimum atomic E-state index is -0.794. The van der Waals surface area contributed by atoms with Gasteiger partial charge in [-0.2, -0.15) is 12.6 Å². The largest absolute Gasteiger partial charge is 0.338 e. The highest BCUT2D eigenvalue weighted by Gasteiger charge is 2.40. The summed E-state index contributed by atoms with van der Waals surface area (Å²) < 4.78 is 0. The fourth-order valence-electron chi connectivity index (χ4n) is 2.97. The van der Waals surface area contributed by atoms with Gasteiger partial charge < -0.3 is 10.6 Å². The van der Waals surface area contributed by atoms with Gasteiger partial charge in [-0.3, -0.25) is 9.69 Å². The second-order valence-corrected chi connectivity index (χ2v) is 7.63. The fraction of sp³-hybridized carbons (Fsp3) is 0.923. The molecule has 4 nitrogen and oxygen atoms in total. The first-order valence-electron chi connectivity index (χ1n) is 6.53. The third-order valence-electron chi connectivity index (χ3n) is 3.39. The highest BCUT2D eigenvalue weighted by atomic mass is 32.1. The van der Waals surface area contributed by atoms with E-state index in [1.165, 1.54) is 0 Å². The van der Waals surface area contributed by atoms with Crippen molar-refractivity contribution in [2.24, 2.45) is 5.73 Å². The molecule has 106 valence electrons. The average molecular weight is 273 g/mol. The molecule has 2 unspecified atom stereocenters. The van der Waals surface area contributed by atoms with Gasteiger partial charge >= 0.3 is 0 Å². The minimum Gasteiger partial charge on any atom is -0.338 e. The molecule has 18 heavy (non-hydrogen) atoms. The van der Waals surface area contributed by atoms with Gasteiger partial charge in [-0.15, -0.1) is 0 Å². The Balaban J connectivity index is 2.83. The third kappa shape index (κ3) is 3.39. The Morgan fingerprint density at radius 1 is 1.17 bits per heavy atom. The van der Waals surface area contributed by atoms with E-state index in [4.69, 9.17) is 5.73 Å². The van der Waals surface area contributed by atoms with Crippen molar-refractivity contribution in [1.29, 1.82) is 0 Å². The normalized spacial score (nSPS) is 27.4. The standard InChI is InChI=1S/C13H27N3OS/c1-9-7-15(11(17)12(3,4)14)8-10(2)16(9)13(5,6)18/h9-10,18H,7-8,14H2,1-6H3. The van der Waals surface area contributed by atoms with Crippen molar-refractivity contribution >= 4 is 18.5 Å². The van der Waals surface area contributed by atoms with Crippen molar-refractivity contribution in [1.82, 2.24) is 9.80 Å². The number of amides is 1. The van der Waals surface area contributed by atoms with E-state index in [-0.39, 0.29) is 22.9 Å². The Kier molecular flexibility index (Phi) is 4.41. The SMILES string of the molecule is CC1CN(C(=O)C(C)(C)N)CC(C)N1C(C)(C)S. The zero-order valence-electron chi connectivity index (χ0n) is 12.4. The maximum atomic E-state index is 12.2. The maximum Gasteiger partial charge on any atom is 0.242 e. The smallest absolute Gasteiger partial charge is 0.242 e. The van der Waals surface area contributed by atoms with Crippen molar-refractivity contribution < 1.29 is 4.79 Å². The monoisotopic (exact) mass is 273 g/mol. The van der Waals surface area contributed by atoms with Crippen LogP contribution < -0.4 is 5.73 Å². The van der Waals surface area contributed by atoms with Crippen LogP contribution in [0.25, 0.3) is 0 Å². The molecule has 0 aromatic rings. The van der Waals surface area contributed by atoms with Crippen LogP contribution in [0, 0.1) is 0 Å². The molecule has 0 spiro atoms. The van der Waals surface area contributed by atoms with Crippen LogP contribution in [0.1, 0.15) is 41.5 Å². The summed E-state index contributed by atoms with van der Waals surface area (Å²) in [6, 6.07) is 0.570. The van der Waals surface area contributed by atoms with E-state index in [0.717, 1.165) is 0 Å². The zero-order valence-corrected chi connectivity index (χ0v) is 13.3. The summed E-state index contributed by atoms with van der Waals surface area (Å²) in [4.78, 5) is 16.3. The number of piperazine rings is 1. The van der Waals surface area contributed by atoms with Gasteiger partial charge in [0.05, 0.1) is 10.4 Å². The number of thiol groups is 1. The summed E-state index contributed by atoms with van der Waals surface area (Å²) in [5.41, 5.74) is 5.11. The van der Waals surface area contributed by atoms with Crippen LogP contribution in [0.5, 0.6) is 0 Å². The van der Waals surface area contributed by atoms with E-state index < -0.39 is 5.54 Å². The summed E-state index contributed by atoms with van der Waals surface area (Å²) >= 11 is 4.65. The highest BCUT2D eigenvalue weighted by Crippen LogP contribution is 2.28. The summed E-state index contributed by atoms with van der Waals surface area (Å²) in [5, 5.41) is 0. The zero-order chi connectivity index (χ0) is 14.3. The Morgan fingerprint density at radius 2 is 1.56 bits per heavy atom. The van der Waals surface area contributed by atoms with Gasteiger partial charge in [0.1, 0.15) is 0 Å². The molecule has 1 amide bonds. The number of hydrogen-bond donors (Lipinski definition) is 2. The number of hydrogen-bond acceptors (Lipinski definition) is 4. The first-order valence-corrected chi connectivity index (χ1v) is 6.98. The van der Waals surface area contributed by atoms with Gasteiger partial charge in [-0.1, -0.05) is 0 Å². The molecule has 1 aliphatic rings. The molecule has 2 atom stereocenters. The van der Waals surface area contributed by atoms with Crippen molar-refractivity contribution in [3.8, 4) is 0 Å². The fourth-order valence-corrected chi connectivity index (χ4v) is 3.37. The molecular formula is C13H27N3OS. The molecule has 1 heterocycles. The number of carbonyl (C=O) groups is 1. The van der Waals surface area contributed by atoms with Gasteiger partial charge in [0, 0.05) is 25.2 Å². The lowest BCUT2D eigenvalue weighted by Gasteiger charge is -2.51. The van der Waals surface area contributed by atoms with E-state index in [2.05, 4.69) is 45.2 Å². The second-order valence-electron chi connectivity index (χ2n) is 6.53. The van der Waals surface area contributed by atoms with Crippen molar-refractivity contribution in [3.05, 3.63) is 0 Å². The van der Waals surface area contributed by atoms with Crippen LogP contribution in [-0.4, -0.2) is 51.3 Å². The molecule has 1 fully saturated rings. The van der Waals surface area contributed by atoms with E-state index >= 15 is 0 Å². The summed E-state index contributed by atoms with van der Waals surface area (Å²) in [7, 11) is 0. The quantitative estimate of drug-likeness (QED) is 0.746. The first kappa shape index (κ1) is 15.8. The Bertz CT molecular complexity index is 307. The maximum absolute atomic E-state index is 12.2. The van der Waals surface area contributed by atoms with Crippen molar-refractivity contribution in [2.45, 2.75) is 64.0 Å². The first-order chi connectivity index (χ1) is 7.94. The molecular weight excluding hydrogens is 246 g/mol. The van der Waals surface area contributed by atoms with E-state index in [1.807, 2.05) is 4.90 Å². The number of nitrogens with zero attached hydrogens (tertiary/aromatic N) is 2. The van der Waals surface area contributed by atoms with Crippen molar-refractivity contribution in [2.75, 3.05) is 13.1 Å². The number of carbonyl (C=O) groups excluding carboxylic acids is 1. The molecule has 5 heteroatoms. The lowest BCUT2D eigenvalue weighted by Crippen LogP contribution is -2.65. The van der Waals surface area contributed by atoms with Gasteiger partial charge in [-0.25, -0.2) is 0 Å². The molecule has 1 aliphatic heterocycles. The highest BCUT2D eigenvalue weighted by molar-refractivity contribution is 7.81. The van der Waals surface area contributed by atoms with Gasteiger partial charge in [0.2, 0.25) is 5.91 Å². The molecule has 0 aromatic heterocycles. The van der Waals surface area contributed by atoms with E-state index in [9.17, 15) is 4.79 Å². The van der Waals surface area contributed by atoms with Gasteiger partial charge in [0.25, 0.3) is 0 Å². The summed E-state index contributed by atoms with van der Waals surface area (Å²) in [5.74, 6) is 0.0258. The molecule has 1 rings (SSSR count). The third-order valence-corrected chi connectivity index (χ3v) is 3.62. The lowest BCUT2D eigenvalue weighted by atomic mass is 10.0. The van der Waals surface area contributed by atoms with Crippen LogP contribution >= 0.6 is 12.6 Å². The minimum absolute atomic E-state index is 0.0258. The Labute approximate surface area is 116 Å². The summed E-state index contributed by atoms with van der Waals surface area (Å²) in [6.07, 6.45) is 0. The molecule has 2 N–H and O–H groups in total. The van der Waals surface area contributed by atoms with E-state index in [0.29, 0.717) is 13.1 Å². The average Bonchev–Trinajstić information content (AvgIpc) is 2.11. The molecule has 0 aliphatic carbocycles. The van der Waals surface area contributed by atoms with Crippen LogP contribution in [0.2, 0.25) is 0 Å². The Hall–Kier alpha value is -0.260. The number of rotatable bonds is 2.